The van der Waals surface area contributed by atoms with Gasteiger partial charge in [-0.1, -0.05) is 29.8 Å². The Bertz CT molecular complexity index is 980. The molecular formula is C21H23ClO8S. The molecule has 0 bridgehead atoms. The number of carbonyl (C=O) groups excluding carboxylic acids is 1. The predicted octanol–water partition coefficient (Wildman–Crippen LogP) is 2.78. The highest BCUT2D eigenvalue weighted by Gasteiger charge is 2.49. The maximum Gasteiger partial charge on any atom is 0.338 e. The van der Waals surface area contributed by atoms with Gasteiger partial charge >= 0.3 is 5.97 Å². The van der Waals surface area contributed by atoms with Crippen LogP contribution in [0.2, 0.25) is 5.02 Å². The number of aliphatic hydroxyl groups excluding tert-OH is 1. The van der Waals surface area contributed by atoms with Gasteiger partial charge in [-0.05, 0) is 50.2 Å². The van der Waals surface area contributed by atoms with E-state index in [0.717, 1.165) is 0 Å². The number of halogens is 1. The molecule has 2 aromatic carbocycles. The molecule has 10 heteroatoms. The fourth-order valence-corrected chi connectivity index (χ4v) is 4.31. The third kappa shape index (κ3) is 5.62. The molecule has 0 spiro atoms. The number of rotatable bonds is 7. The lowest BCUT2D eigenvalue weighted by Gasteiger charge is -2.42. The maximum absolute atomic E-state index is 12.8. The Morgan fingerprint density at radius 1 is 1.10 bits per heavy atom. The molecule has 31 heavy (non-hydrogen) atoms. The second-order valence-electron chi connectivity index (χ2n) is 6.86. The van der Waals surface area contributed by atoms with Crippen LogP contribution in [0.3, 0.4) is 0 Å². The quantitative estimate of drug-likeness (QED) is 0.486. The zero-order valence-electron chi connectivity index (χ0n) is 16.9. The zero-order chi connectivity index (χ0) is 22.6. The SMILES string of the molecule is CCO[C@H]1O[C@@H](C)[C@H](O)[C@@H](OS(=O)(=O)c2ccc(Cl)cc2)[C@H]1OC(=O)c1ccccc1. The van der Waals surface area contributed by atoms with Crippen molar-refractivity contribution in [2.45, 2.75) is 49.4 Å². The Morgan fingerprint density at radius 2 is 1.74 bits per heavy atom. The summed E-state index contributed by atoms with van der Waals surface area (Å²) in [5.74, 6) is -0.738. The largest absolute Gasteiger partial charge is 0.450 e. The molecule has 1 aliphatic heterocycles. The Balaban J connectivity index is 1.91. The predicted molar refractivity (Wildman–Crippen MR) is 111 cm³/mol. The summed E-state index contributed by atoms with van der Waals surface area (Å²) in [5, 5.41) is 11.0. The van der Waals surface area contributed by atoms with E-state index in [1.807, 2.05) is 0 Å². The average molecular weight is 471 g/mol. The molecule has 2 aromatic rings. The molecular weight excluding hydrogens is 448 g/mol. The summed E-state index contributed by atoms with van der Waals surface area (Å²) >= 11 is 5.82. The molecule has 1 saturated heterocycles. The molecule has 1 fully saturated rings. The molecule has 0 amide bonds. The van der Waals surface area contributed by atoms with Gasteiger partial charge in [0.1, 0.15) is 12.2 Å². The molecule has 8 nitrogen and oxygen atoms in total. The van der Waals surface area contributed by atoms with Crippen LogP contribution >= 0.6 is 11.6 Å². The molecule has 0 radical (unpaired) electrons. The van der Waals surface area contributed by atoms with E-state index in [4.69, 9.17) is 30.0 Å². The van der Waals surface area contributed by atoms with E-state index in [9.17, 15) is 18.3 Å². The van der Waals surface area contributed by atoms with Gasteiger partial charge < -0.3 is 19.3 Å². The van der Waals surface area contributed by atoms with Crippen molar-refractivity contribution in [1.29, 1.82) is 0 Å². The van der Waals surface area contributed by atoms with Gasteiger partial charge in [-0.25, -0.2) is 4.79 Å². The van der Waals surface area contributed by atoms with Crippen molar-refractivity contribution in [3.63, 3.8) is 0 Å². The van der Waals surface area contributed by atoms with Crippen LogP contribution in [0.15, 0.2) is 59.5 Å². The molecule has 0 unspecified atom stereocenters. The topological polar surface area (TPSA) is 108 Å². The second kappa shape index (κ2) is 10.1. The standard InChI is InChI=1S/C21H23ClO8S/c1-3-27-21-19(29-20(24)14-7-5-4-6-8-14)18(17(23)13(2)28-21)30-31(25,26)16-11-9-15(22)10-12-16/h4-13,17-19,21,23H,3H2,1-2H3/t13-,17-,18+,19+,21-/m0/s1. The van der Waals surface area contributed by atoms with Crippen molar-refractivity contribution in [3.8, 4) is 0 Å². The Labute approximate surface area is 185 Å². The van der Waals surface area contributed by atoms with Gasteiger partial charge in [0.05, 0.1) is 16.6 Å². The maximum atomic E-state index is 12.8. The summed E-state index contributed by atoms with van der Waals surface area (Å²) < 4.78 is 47.7. The van der Waals surface area contributed by atoms with Crippen LogP contribution in [0, 0.1) is 0 Å². The average Bonchev–Trinajstić information content (AvgIpc) is 2.75. The van der Waals surface area contributed by atoms with Crippen molar-refractivity contribution in [1.82, 2.24) is 0 Å². The van der Waals surface area contributed by atoms with Gasteiger partial charge in [0.15, 0.2) is 12.4 Å². The van der Waals surface area contributed by atoms with Crippen molar-refractivity contribution in [2.75, 3.05) is 6.61 Å². The number of hydrogen-bond acceptors (Lipinski definition) is 8. The van der Waals surface area contributed by atoms with Gasteiger partial charge in [0.2, 0.25) is 0 Å². The number of aliphatic hydroxyl groups is 1. The van der Waals surface area contributed by atoms with Crippen LogP contribution in [0.25, 0.3) is 0 Å². The Kier molecular flexibility index (Phi) is 7.68. The van der Waals surface area contributed by atoms with Crippen molar-refractivity contribution in [3.05, 3.63) is 65.2 Å². The van der Waals surface area contributed by atoms with E-state index in [1.54, 1.807) is 37.3 Å². The van der Waals surface area contributed by atoms with Crippen LogP contribution < -0.4 is 0 Å². The zero-order valence-corrected chi connectivity index (χ0v) is 18.5. The van der Waals surface area contributed by atoms with Crippen LogP contribution in [0.4, 0.5) is 0 Å². The molecule has 5 atom stereocenters. The summed E-state index contributed by atoms with van der Waals surface area (Å²) in [6, 6.07) is 13.5. The minimum Gasteiger partial charge on any atom is -0.450 e. The van der Waals surface area contributed by atoms with E-state index in [2.05, 4.69) is 0 Å². The third-order valence-electron chi connectivity index (χ3n) is 4.68. The Hall–Kier alpha value is -2.01. The second-order valence-corrected chi connectivity index (χ2v) is 8.87. The molecule has 0 aliphatic carbocycles. The summed E-state index contributed by atoms with van der Waals surface area (Å²) in [6.45, 7) is 3.44. The molecule has 3 rings (SSSR count). The molecule has 0 saturated carbocycles. The van der Waals surface area contributed by atoms with Gasteiger partial charge in [-0.3, -0.25) is 4.18 Å². The van der Waals surface area contributed by atoms with Gasteiger partial charge in [0.25, 0.3) is 10.1 Å². The van der Waals surface area contributed by atoms with Gasteiger partial charge in [-0.2, -0.15) is 8.42 Å². The van der Waals surface area contributed by atoms with Crippen LogP contribution in [-0.4, -0.2) is 56.8 Å². The fourth-order valence-electron chi connectivity index (χ4n) is 3.09. The number of carbonyl (C=O) groups is 1. The molecule has 1 heterocycles. The highest BCUT2D eigenvalue weighted by molar-refractivity contribution is 7.86. The van der Waals surface area contributed by atoms with Crippen molar-refractivity contribution < 1.29 is 36.7 Å². The molecule has 0 aromatic heterocycles. The van der Waals surface area contributed by atoms with Crippen LogP contribution in [0.5, 0.6) is 0 Å². The number of ether oxygens (including phenoxy) is 3. The van der Waals surface area contributed by atoms with Gasteiger partial charge in [0, 0.05) is 11.6 Å². The summed E-state index contributed by atoms with van der Waals surface area (Å²) in [6.07, 6.45) is -6.20. The number of hydrogen-bond donors (Lipinski definition) is 1. The minimum absolute atomic E-state index is 0.163. The van der Waals surface area contributed by atoms with E-state index in [1.165, 1.54) is 31.2 Å². The Morgan fingerprint density at radius 3 is 2.35 bits per heavy atom. The normalized spacial score (nSPS) is 26.4. The molecule has 1 aliphatic rings. The highest BCUT2D eigenvalue weighted by atomic mass is 35.5. The van der Waals surface area contributed by atoms with E-state index in [-0.39, 0.29) is 17.1 Å². The first-order valence-corrected chi connectivity index (χ1v) is 11.4. The van der Waals surface area contributed by atoms with Crippen LogP contribution in [-0.2, 0) is 28.5 Å². The smallest absolute Gasteiger partial charge is 0.338 e. The lowest BCUT2D eigenvalue weighted by atomic mass is 9.99. The lowest BCUT2D eigenvalue weighted by molar-refractivity contribution is -0.286. The van der Waals surface area contributed by atoms with Crippen molar-refractivity contribution >= 4 is 27.7 Å². The number of benzene rings is 2. The number of esters is 1. The fraction of sp³-hybridized carbons (Fsp3) is 0.381. The molecule has 168 valence electrons. The molecule has 1 N–H and O–H groups in total. The summed E-state index contributed by atoms with van der Waals surface area (Å²) in [4.78, 5) is 12.5. The third-order valence-corrected chi connectivity index (χ3v) is 6.26. The van der Waals surface area contributed by atoms with E-state index in [0.29, 0.717) is 5.02 Å². The minimum atomic E-state index is -4.33. The first-order valence-electron chi connectivity index (χ1n) is 9.63. The van der Waals surface area contributed by atoms with Crippen LogP contribution in [0.1, 0.15) is 24.2 Å². The monoisotopic (exact) mass is 470 g/mol. The van der Waals surface area contributed by atoms with E-state index >= 15 is 0 Å². The van der Waals surface area contributed by atoms with Crippen molar-refractivity contribution in [2.24, 2.45) is 0 Å². The summed E-state index contributed by atoms with van der Waals surface area (Å²) in [5.41, 5.74) is 0.241. The van der Waals surface area contributed by atoms with E-state index < -0.39 is 46.8 Å². The highest BCUT2D eigenvalue weighted by Crippen LogP contribution is 2.30. The summed E-state index contributed by atoms with van der Waals surface area (Å²) in [7, 11) is -4.33. The lowest BCUT2D eigenvalue weighted by Crippen LogP contribution is -2.60. The van der Waals surface area contributed by atoms with Gasteiger partial charge in [-0.15, -0.1) is 0 Å². The first kappa shape index (κ1) is 23.6. The first-order chi connectivity index (χ1) is 14.7.